The first-order valence-corrected chi connectivity index (χ1v) is 9.04. The molecule has 1 aromatic carbocycles. The summed E-state index contributed by atoms with van der Waals surface area (Å²) in [6.45, 7) is 4.67. The summed E-state index contributed by atoms with van der Waals surface area (Å²) in [7, 11) is 0. The molecule has 7 nitrogen and oxygen atoms in total. The molecule has 8 heteroatoms. The second kappa shape index (κ2) is 8.83. The molecule has 1 aliphatic rings. The van der Waals surface area contributed by atoms with Gasteiger partial charge in [0.05, 0.1) is 30.9 Å². The van der Waals surface area contributed by atoms with Crippen LogP contribution in [0.2, 0.25) is 0 Å². The molecule has 2 N–H and O–H groups in total. The lowest BCUT2D eigenvalue weighted by Gasteiger charge is -2.27. The van der Waals surface area contributed by atoms with Crippen LogP contribution in [-0.2, 0) is 6.54 Å². The van der Waals surface area contributed by atoms with Crippen LogP contribution in [0.4, 0.5) is 11.6 Å². The number of nitrogens with one attached hydrogen (secondary N) is 2. The number of hydrogen-bond acceptors (Lipinski definition) is 6. The number of rotatable bonds is 6. The molecule has 0 bridgehead atoms. The van der Waals surface area contributed by atoms with Gasteiger partial charge in [-0.3, -0.25) is 4.68 Å². The Morgan fingerprint density at radius 1 is 1.25 bits per heavy atom. The van der Waals surface area contributed by atoms with E-state index < -0.39 is 0 Å². The Hall–Kier alpha value is -2.95. The number of aromatic nitrogens is 4. The van der Waals surface area contributed by atoms with Gasteiger partial charge >= 0.3 is 0 Å². The fourth-order valence-electron chi connectivity index (χ4n) is 3.06. The highest BCUT2D eigenvalue weighted by Gasteiger charge is 2.18. The van der Waals surface area contributed by atoms with Crippen molar-refractivity contribution in [1.82, 2.24) is 25.1 Å². The molecule has 1 saturated heterocycles. The summed E-state index contributed by atoms with van der Waals surface area (Å²) in [4.78, 5) is 9.06. The van der Waals surface area contributed by atoms with Crippen molar-refractivity contribution in [1.29, 1.82) is 5.26 Å². The van der Waals surface area contributed by atoms with Crippen LogP contribution < -0.4 is 10.6 Å². The number of halogens is 1. The lowest BCUT2D eigenvalue weighted by Crippen LogP contribution is -2.39. The molecule has 0 unspecified atom stereocenters. The molecule has 3 aromatic rings. The quantitative estimate of drug-likeness (QED) is 0.664. The van der Waals surface area contributed by atoms with Crippen molar-refractivity contribution in [3.05, 3.63) is 54.0 Å². The van der Waals surface area contributed by atoms with E-state index in [1.54, 1.807) is 10.9 Å². The van der Waals surface area contributed by atoms with Crippen molar-refractivity contribution in [2.75, 3.05) is 18.4 Å². The molecular formula is C20H22ClN7. The molecule has 0 saturated carbocycles. The van der Waals surface area contributed by atoms with Gasteiger partial charge in [0.15, 0.2) is 0 Å². The molecular weight excluding hydrogens is 374 g/mol. The molecule has 0 spiro atoms. The van der Waals surface area contributed by atoms with Gasteiger partial charge in [-0.05, 0) is 30.2 Å². The predicted molar refractivity (Wildman–Crippen MR) is 111 cm³/mol. The van der Waals surface area contributed by atoms with Crippen LogP contribution in [-0.4, -0.2) is 32.8 Å². The maximum Gasteiger partial charge on any atom is 0.227 e. The molecule has 2 aromatic heterocycles. The van der Waals surface area contributed by atoms with Gasteiger partial charge in [-0.2, -0.15) is 10.4 Å². The van der Waals surface area contributed by atoms with Crippen LogP contribution in [0.25, 0.3) is 11.3 Å². The Morgan fingerprint density at radius 2 is 2.04 bits per heavy atom. The largest absolute Gasteiger partial charge is 0.324 e. The fraction of sp³-hybridized carbons (Fsp3) is 0.300. The number of hydrogen-bond donors (Lipinski definition) is 2. The van der Waals surface area contributed by atoms with E-state index in [1.165, 1.54) is 5.56 Å². The Morgan fingerprint density at radius 3 is 2.71 bits per heavy atom. The monoisotopic (exact) mass is 395 g/mol. The van der Waals surface area contributed by atoms with Crippen molar-refractivity contribution in [2.45, 2.75) is 25.8 Å². The van der Waals surface area contributed by atoms with E-state index in [-0.39, 0.29) is 12.4 Å². The normalized spacial score (nSPS) is 13.3. The van der Waals surface area contributed by atoms with Crippen LogP contribution in [0.1, 0.15) is 23.5 Å². The highest BCUT2D eigenvalue weighted by Crippen LogP contribution is 2.25. The molecule has 1 aliphatic heterocycles. The highest BCUT2D eigenvalue weighted by atomic mass is 35.5. The summed E-state index contributed by atoms with van der Waals surface area (Å²) in [5, 5.41) is 19.6. The van der Waals surface area contributed by atoms with Crippen LogP contribution in [0, 0.1) is 18.3 Å². The van der Waals surface area contributed by atoms with Gasteiger partial charge in [-0.1, -0.05) is 12.1 Å². The van der Waals surface area contributed by atoms with E-state index in [0.29, 0.717) is 24.8 Å². The van der Waals surface area contributed by atoms with E-state index in [0.717, 1.165) is 35.6 Å². The molecule has 1 fully saturated rings. The van der Waals surface area contributed by atoms with E-state index in [2.05, 4.69) is 56.0 Å². The number of benzene rings is 1. The highest BCUT2D eigenvalue weighted by molar-refractivity contribution is 5.85. The summed E-state index contributed by atoms with van der Waals surface area (Å²) >= 11 is 0. The minimum atomic E-state index is 0. The zero-order chi connectivity index (χ0) is 18.6. The Kier molecular flexibility index (Phi) is 6.24. The summed E-state index contributed by atoms with van der Waals surface area (Å²) in [5.41, 5.74) is 5.06. The molecule has 0 atom stereocenters. The van der Waals surface area contributed by atoms with Crippen molar-refractivity contribution < 1.29 is 0 Å². The van der Waals surface area contributed by atoms with Gasteiger partial charge in [-0.15, -0.1) is 12.4 Å². The molecule has 144 valence electrons. The zero-order valence-corrected chi connectivity index (χ0v) is 16.4. The average molecular weight is 396 g/mol. The average Bonchev–Trinajstić information content (AvgIpc) is 3.10. The van der Waals surface area contributed by atoms with Gasteiger partial charge < -0.3 is 10.6 Å². The van der Waals surface area contributed by atoms with Gasteiger partial charge in [0.1, 0.15) is 0 Å². The van der Waals surface area contributed by atoms with E-state index in [1.807, 2.05) is 19.3 Å². The summed E-state index contributed by atoms with van der Waals surface area (Å²) in [6, 6.07) is 10.6. The number of anilines is 2. The van der Waals surface area contributed by atoms with Crippen molar-refractivity contribution in [3.8, 4) is 17.3 Å². The van der Waals surface area contributed by atoms with Gasteiger partial charge in [0, 0.05) is 42.7 Å². The van der Waals surface area contributed by atoms with Crippen LogP contribution >= 0.6 is 12.4 Å². The molecule has 0 radical (unpaired) electrons. The zero-order valence-electron chi connectivity index (χ0n) is 15.6. The third kappa shape index (κ3) is 4.30. The summed E-state index contributed by atoms with van der Waals surface area (Å²) < 4.78 is 1.77. The van der Waals surface area contributed by atoms with Crippen LogP contribution in [0.5, 0.6) is 0 Å². The first kappa shape index (κ1) is 19.8. The van der Waals surface area contributed by atoms with Crippen molar-refractivity contribution in [2.24, 2.45) is 0 Å². The standard InChI is InChI=1S/C20H21N7.ClH/c1-14-9-23-20(25-18-5-3-15(4-6-18)16-10-22-11-16)26-19(14)17-12-24-27(13-17)8-2-7-21;/h3-6,9,12-13,16,22H,2,8,10-11H2,1H3,(H,23,25,26);1H. The minimum absolute atomic E-state index is 0. The Labute approximate surface area is 170 Å². The molecule has 3 heterocycles. The van der Waals surface area contributed by atoms with Gasteiger partial charge in [0.2, 0.25) is 5.95 Å². The second-order valence-corrected chi connectivity index (χ2v) is 6.73. The lowest BCUT2D eigenvalue weighted by molar-refractivity contribution is 0.448. The molecule has 0 amide bonds. The van der Waals surface area contributed by atoms with E-state index in [9.17, 15) is 0 Å². The third-order valence-corrected chi connectivity index (χ3v) is 4.75. The molecule has 4 rings (SSSR count). The van der Waals surface area contributed by atoms with Crippen LogP contribution in [0.3, 0.4) is 0 Å². The first-order chi connectivity index (χ1) is 13.2. The fourth-order valence-corrected chi connectivity index (χ4v) is 3.06. The lowest BCUT2D eigenvalue weighted by atomic mass is 9.94. The summed E-state index contributed by atoms with van der Waals surface area (Å²) in [6.07, 6.45) is 5.94. The summed E-state index contributed by atoms with van der Waals surface area (Å²) in [5.74, 6) is 1.18. The first-order valence-electron chi connectivity index (χ1n) is 9.04. The van der Waals surface area contributed by atoms with Gasteiger partial charge in [-0.25, -0.2) is 9.97 Å². The third-order valence-electron chi connectivity index (χ3n) is 4.75. The Bertz CT molecular complexity index is 971. The minimum Gasteiger partial charge on any atom is -0.324 e. The number of aryl methyl sites for hydroxylation is 2. The number of nitriles is 1. The van der Waals surface area contributed by atoms with Crippen molar-refractivity contribution in [3.63, 3.8) is 0 Å². The SMILES string of the molecule is Cc1cnc(Nc2ccc(C3CNC3)cc2)nc1-c1cnn(CCC#N)c1.Cl. The molecule has 0 aliphatic carbocycles. The topological polar surface area (TPSA) is 91.4 Å². The maximum atomic E-state index is 8.71. The van der Waals surface area contributed by atoms with E-state index >= 15 is 0 Å². The second-order valence-electron chi connectivity index (χ2n) is 6.73. The van der Waals surface area contributed by atoms with E-state index in [4.69, 9.17) is 5.26 Å². The van der Waals surface area contributed by atoms with Crippen LogP contribution in [0.15, 0.2) is 42.9 Å². The predicted octanol–water partition coefficient (Wildman–Crippen LogP) is 3.41. The van der Waals surface area contributed by atoms with Gasteiger partial charge in [0.25, 0.3) is 0 Å². The molecule has 28 heavy (non-hydrogen) atoms. The smallest absolute Gasteiger partial charge is 0.227 e. The van der Waals surface area contributed by atoms with Crippen molar-refractivity contribution >= 4 is 24.0 Å². The Balaban J connectivity index is 0.00000225. The maximum absolute atomic E-state index is 8.71. The number of nitrogens with zero attached hydrogens (tertiary/aromatic N) is 5.